The summed E-state index contributed by atoms with van der Waals surface area (Å²) in [7, 11) is -4.30. The van der Waals surface area contributed by atoms with Crippen LogP contribution in [0.3, 0.4) is 0 Å². The van der Waals surface area contributed by atoms with Gasteiger partial charge in [-0.25, -0.2) is 12.8 Å². The number of rotatable bonds is 6. The molecule has 2 aromatic rings. The minimum absolute atomic E-state index is 0.0310. The van der Waals surface area contributed by atoms with E-state index in [0.29, 0.717) is 31.0 Å². The van der Waals surface area contributed by atoms with Crippen molar-refractivity contribution < 1.29 is 45.7 Å². The Morgan fingerprint density at radius 1 is 1.15 bits per heavy atom. The van der Waals surface area contributed by atoms with E-state index in [0.717, 1.165) is 16.4 Å². The Bertz CT molecular complexity index is 1190. The van der Waals surface area contributed by atoms with E-state index in [1.807, 2.05) is 0 Å². The van der Waals surface area contributed by atoms with Gasteiger partial charge < -0.3 is 14.9 Å². The molecular weight excluding hydrogens is 482 g/mol. The second-order valence-corrected chi connectivity index (χ2v) is 10.5. The summed E-state index contributed by atoms with van der Waals surface area (Å²) < 4.78 is 85.3. The number of carboxylic acid groups (broad SMARTS) is 1. The molecule has 0 bridgehead atoms. The molecule has 12 heteroatoms. The zero-order valence-corrected chi connectivity index (χ0v) is 18.4. The Morgan fingerprint density at radius 3 is 2.35 bits per heavy atom. The van der Waals surface area contributed by atoms with Crippen molar-refractivity contribution in [1.82, 2.24) is 4.31 Å². The van der Waals surface area contributed by atoms with Gasteiger partial charge in [-0.2, -0.15) is 17.5 Å². The number of sulfonamides is 1. The average Bonchev–Trinajstić information content (AvgIpc) is 3.49. The fourth-order valence-electron chi connectivity index (χ4n) is 4.49. The first-order valence-electron chi connectivity index (χ1n) is 10.3. The van der Waals surface area contributed by atoms with E-state index < -0.39 is 63.3 Å². The number of β-amino-alcohol motifs (C(OH)–C–C–N with tert-alkyl or cyclic N) is 1. The molecule has 2 unspecified atom stereocenters. The number of aliphatic carboxylic acids is 1. The molecule has 184 valence electrons. The maximum atomic E-state index is 13.4. The normalized spacial score (nSPS) is 22.5. The lowest BCUT2D eigenvalue weighted by atomic mass is 9.86. The van der Waals surface area contributed by atoms with Gasteiger partial charge in [-0.3, -0.25) is 4.79 Å². The number of ether oxygens (including phenoxy) is 1. The van der Waals surface area contributed by atoms with Gasteiger partial charge >= 0.3 is 12.1 Å². The average molecular weight is 503 g/mol. The minimum Gasteiger partial charge on any atom is -0.489 e. The fraction of sp³-hybridized carbons (Fsp3) is 0.409. The topological polar surface area (TPSA) is 104 Å². The highest BCUT2D eigenvalue weighted by molar-refractivity contribution is 7.89. The van der Waals surface area contributed by atoms with Crippen LogP contribution in [0.2, 0.25) is 0 Å². The lowest BCUT2D eigenvalue weighted by molar-refractivity contribution is -0.147. The first-order valence-corrected chi connectivity index (χ1v) is 11.8. The quantitative estimate of drug-likeness (QED) is 0.586. The zero-order chi connectivity index (χ0) is 24.9. The Labute approximate surface area is 192 Å². The van der Waals surface area contributed by atoms with Gasteiger partial charge in [-0.15, -0.1) is 0 Å². The molecular formula is C22H21F4NO6S. The molecule has 4 rings (SSSR count). The van der Waals surface area contributed by atoms with Crippen LogP contribution in [0.5, 0.6) is 5.75 Å². The number of benzene rings is 2. The van der Waals surface area contributed by atoms with E-state index in [-0.39, 0.29) is 23.6 Å². The second-order valence-electron chi connectivity index (χ2n) is 8.60. The molecule has 1 spiro atoms. The number of carboxylic acids is 1. The Balaban J connectivity index is 1.54. The molecule has 2 atom stereocenters. The molecule has 7 nitrogen and oxygen atoms in total. The maximum Gasteiger partial charge on any atom is 0.416 e. The third-order valence-corrected chi connectivity index (χ3v) is 8.07. The van der Waals surface area contributed by atoms with Crippen molar-refractivity contribution in [2.24, 2.45) is 5.41 Å². The zero-order valence-electron chi connectivity index (χ0n) is 17.6. The first kappa shape index (κ1) is 24.4. The molecule has 34 heavy (non-hydrogen) atoms. The molecule has 1 saturated carbocycles. The number of piperidine rings is 1. The van der Waals surface area contributed by atoms with Gasteiger partial charge in [0.2, 0.25) is 10.0 Å². The molecule has 2 fully saturated rings. The van der Waals surface area contributed by atoms with Crippen LogP contribution in [-0.4, -0.2) is 47.6 Å². The SMILES string of the molecule is O=C(O)C1N(S(=O)(=O)c2ccc(OCc3cc(F)ccc3C(F)(F)F)cc2)CC(O)CC12CC2. The molecule has 1 aliphatic heterocycles. The van der Waals surface area contributed by atoms with E-state index in [2.05, 4.69) is 0 Å². The summed E-state index contributed by atoms with van der Waals surface area (Å²) in [6.07, 6.45) is -4.49. The van der Waals surface area contributed by atoms with Gasteiger partial charge in [0.25, 0.3) is 0 Å². The molecule has 2 aliphatic rings. The van der Waals surface area contributed by atoms with Crippen LogP contribution in [-0.2, 0) is 27.6 Å². The fourth-order valence-corrected chi connectivity index (χ4v) is 6.20. The third kappa shape index (κ3) is 4.62. The largest absolute Gasteiger partial charge is 0.489 e. The Kier molecular flexibility index (Phi) is 6.11. The number of carbonyl (C=O) groups is 1. The number of halogens is 4. The molecule has 2 N–H and O–H groups in total. The summed E-state index contributed by atoms with van der Waals surface area (Å²) >= 11 is 0. The molecule has 2 aromatic carbocycles. The Hall–Kier alpha value is -2.70. The summed E-state index contributed by atoms with van der Waals surface area (Å²) in [4.78, 5) is 11.6. The maximum absolute atomic E-state index is 13.4. The monoisotopic (exact) mass is 503 g/mol. The number of hydrogen-bond acceptors (Lipinski definition) is 5. The summed E-state index contributed by atoms with van der Waals surface area (Å²) in [5.41, 5.74) is -2.27. The van der Waals surface area contributed by atoms with E-state index >= 15 is 0 Å². The smallest absolute Gasteiger partial charge is 0.416 e. The number of aliphatic hydroxyl groups excluding tert-OH is 1. The van der Waals surface area contributed by atoms with Crippen LogP contribution in [0.15, 0.2) is 47.4 Å². The molecule has 1 aliphatic carbocycles. The van der Waals surface area contributed by atoms with Crippen molar-refractivity contribution in [2.45, 2.75) is 49.1 Å². The van der Waals surface area contributed by atoms with Crippen molar-refractivity contribution in [2.75, 3.05) is 6.54 Å². The van der Waals surface area contributed by atoms with Crippen LogP contribution in [0, 0.1) is 11.2 Å². The standard InChI is InChI=1S/C22H21F4NO6S/c23-14-1-6-18(22(24,25)26)13(9-14)12-33-16-2-4-17(5-3-16)34(31,32)27-11-15(28)10-21(7-8-21)19(27)20(29)30/h1-6,9,15,19,28H,7-8,10-12H2,(H,29,30). The van der Waals surface area contributed by atoms with Gasteiger partial charge in [0, 0.05) is 17.5 Å². The van der Waals surface area contributed by atoms with Crippen molar-refractivity contribution in [1.29, 1.82) is 0 Å². The van der Waals surface area contributed by atoms with Gasteiger partial charge in [-0.05, 0) is 61.7 Å². The summed E-state index contributed by atoms with van der Waals surface area (Å²) in [5, 5.41) is 19.8. The predicted octanol–water partition coefficient (Wildman–Crippen LogP) is 3.41. The van der Waals surface area contributed by atoms with Crippen molar-refractivity contribution >= 4 is 16.0 Å². The van der Waals surface area contributed by atoms with Crippen LogP contribution in [0.4, 0.5) is 17.6 Å². The minimum atomic E-state index is -4.71. The van der Waals surface area contributed by atoms with Crippen LogP contribution < -0.4 is 4.74 Å². The lowest BCUT2D eigenvalue weighted by Crippen LogP contribution is -2.57. The Morgan fingerprint density at radius 2 is 1.79 bits per heavy atom. The highest BCUT2D eigenvalue weighted by Crippen LogP contribution is 2.57. The van der Waals surface area contributed by atoms with Crippen LogP contribution in [0.25, 0.3) is 0 Å². The lowest BCUT2D eigenvalue weighted by Gasteiger charge is -2.40. The molecule has 0 radical (unpaired) electrons. The first-order chi connectivity index (χ1) is 15.8. The summed E-state index contributed by atoms with van der Waals surface area (Å²) in [6, 6.07) is 5.42. The molecule has 1 heterocycles. The summed E-state index contributed by atoms with van der Waals surface area (Å²) in [5.74, 6) is -2.12. The van der Waals surface area contributed by atoms with Gasteiger partial charge in [0.15, 0.2) is 0 Å². The third-order valence-electron chi connectivity index (χ3n) is 6.22. The number of hydrogen-bond donors (Lipinski definition) is 2. The highest BCUT2D eigenvalue weighted by atomic mass is 32.2. The van der Waals surface area contributed by atoms with E-state index in [4.69, 9.17) is 4.74 Å². The van der Waals surface area contributed by atoms with Crippen molar-refractivity contribution in [3.63, 3.8) is 0 Å². The van der Waals surface area contributed by atoms with Crippen molar-refractivity contribution in [3.05, 3.63) is 59.4 Å². The second kappa shape index (κ2) is 8.51. The van der Waals surface area contributed by atoms with E-state index in [1.165, 1.54) is 12.1 Å². The van der Waals surface area contributed by atoms with Crippen molar-refractivity contribution in [3.8, 4) is 5.75 Å². The van der Waals surface area contributed by atoms with Crippen LogP contribution in [0.1, 0.15) is 30.4 Å². The number of alkyl halides is 3. The molecule has 0 amide bonds. The van der Waals surface area contributed by atoms with Gasteiger partial charge in [-0.1, -0.05) is 0 Å². The van der Waals surface area contributed by atoms with E-state index in [9.17, 15) is 41.0 Å². The summed E-state index contributed by atoms with van der Waals surface area (Å²) in [6.45, 7) is -0.973. The number of aliphatic hydroxyl groups is 1. The molecule has 0 aromatic heterocycles. The predicted molar refractivity (Wildman–Crippen MR) is 110 cm³/mol. The highest BCUT2D eigenvalue weighted by Gasteiger charge is 2.61. The number of nitrogens with zero attached hydrogens (tertiary/aromatic N) is 1. The van der Waals surface area contributed by atoms with Crippen LogP contribution >= 0.6 is 0 Å². The van der Waals surface area contributed by atoms with Gasteiger partial charge in [0.05, 0.1) is 16.6 Å². The van der Waals surface area contributed by atoms with E-state index in [1.54, 1.807) is 0 Å². The van der Waals surface area contributed by atoms with Gasteiger partial charge in [0.1, 0.15) is 24.2 Å². The molecule has 1 saturated heterocycles.